The van der Waals surface area contributed by atoms with Crippen molar-refractivity contribution >= 4 is 6.09 Å². The summed E-state index contributed by atoms with van der Waals surface area (Å²) in [5.74, 6) is 0. The minimum atomic E-state index is -0.469. The van der Waals surface area contributed by atoms with Gasteiger partial charge < -0.3 is 10.1 Å². The van der Waals surface area contributed by atoms with Crippen LogP contribution >= 0.6 is 0 Å². The van der Waals surface area contributed by atoms with Gasteiger partial charge in [-0.3, -0.25) is 0 Å². The van der Waals surface area contributed by atoms with Crippen LogP contribution in [0.2, 0.25) is 0 Å². The summed E-state index contributed by atoms with van der Waals surface area (Å²) in [4.78, 5) is 10.9. The third kappa shape index (κ3) is 2.79. The summed E-state index contributed by atoms with van der Waals surface area (Å²) in [5, 5.41) is 10.5. The highest BCUT2D eigenvalue weighted by Crippen LogP contribution is 2.20. The van der Waals surface area contributed by atoms with Gasteiger partial charge in [-0.1, -0.05) is 0 Å². The number of carbonyl (C=O) groups is 1. The van der Waals surface area contributed by atoms with Crippen LogP contribution in [-0.2, 0) is 4.74 Å². The van der Waals surface area contributed by atoms with Crippen molar-refractivity contribution in [3.8, 4) is 6.07 Å². The van der Waals surface area contributed by atoms with Gasteiger partial charge >= 0.3 is 6.09 Å². The summed E-state index contributed by atoms with van der Waals surface area (Å²) in [6.45, 7) is 0.0194. The Morgan fingerprint density at radius 1 is 1.58 bits per heavy atom. The maximum absolute atomic E-state index is 10.9. The second-order valence-electron chi connectivity index (χ2n) is 2.82. The number of rotatable bonds is 2. The van der Waals surface area contributed by atoms with E-state index in [2.05, 4.69) is 5.32 Å². The molecule has 1 N–H and O–H groups in total. The second kappa shape index (κ2) is 4.60. The van der Waals surface area contributed by atoms with E-state index in [9.17, 15) is 4.79 Å². The topological polar surface area (TPSA) is 62.1 Å². The van der Waals surface area contributed by atoms with Crippen LogP contribution in [0.1, 0.15) is 25.7 Å². The SMILES string of the molecule is N#CCNC(=O)OC1CCCC1. The normalized spacial score (nSPS) is 16.9. The quantitative estimate of drug-likeness (QED) is 0.630. The highest BCUT2D eigenvalue weighted by molar-refractivity contribution is 5.67. The summed E-state index contributed by atoms with van der Waals surface area (Å²) in [6, 6.07) is 1.81. The van der Waals surface area contributed by atoms with Crippen molar-refractivity contribution < 1.29 is 9.53 Å². The van der Waals surface area contributed by atoms with Gasteiger partial charge in [-0.05, 0) is 25.7 Å². The molecule has 0 unspecified atom stereocenters. The molecule has 0 bridgehead atoms. The van der Waals surface area contributed by atoms with Gasteiger partial charge in [0.15, 0.2) is 0 Å². The molecule has 1 saturated carbocycles. The molecule has 1 aliphatic rings. The van der Waals surface area contributed by atoms with E-state index in [1.165, 1.54) is 0 Å². The highest BCUT2D eigenvalue weighted by Gasteiger charge is 2.18. The van der Waals surface area contributed by atoms with Crippen molar-refractivity contribution in [3.05, 3.63) is 0 Å². The lowest BCUT2D eigenvalue weighted by Gasteiger charge is -2.10. The molecule has 1 amide bonds. The summed E-state index contributed by atoms with van der Waals surface area (Å²) in [5.41, 5.74) is 0. The molecule has 0 aromatic rings. The number of nitriles is 1. The number of amides is 1. The first-order valence-corrected chi connectivity index (χ1v) is 4.14. The number of alkyl carbamates (subject to hydrolysis) is 1. The zero-order valence-corrected chi connectivity index (χ0v) is 6.88. The van der Waals surface area contributed by atoms with Crippen molar-refractivity contribution in [1.82, 2.24) is 5.32 Å². The maximum atomic E-state index is 10.9. The summed E-state index contributed by atoms with van der Waals surface area (Å²) in [6.07, 6.45) is 3.79. The van der Waals surface area contributed by atoms with E-state index in [0.717, 1.165) is 25.7 Å². The smallest absolute Gasteiger partial charge is 0.408 e. The van der Waals surface area contributed by atoms with Crippen LogP contribution < -0.4 is 5.32 Å². The molecular weight excluding hydrogens is 156 g/mol. The molecule has 12 heavy (non-hydrogen) atoms. The highest BCUT2D eigenvalue weighted by atomic mass is 16.6. The van der Waals surface area contributed by atoms with Crippen LogP contribution in [0.25, 0.3) is 0 Å². The lowest BCUT2D eigenvalue weighted by molar-refractivity contribution is 0.102. The molecule has 4 nitrogen and oxygen atoms in total. The van der Waals surface area contributed by atoms with E-state index < -0.39 is 6.09 Å². The summed E-state index contributed by atoms with van der Waals surface area (Å²) in [7, 11) is 0. The molecule has 0 heterocycles. The lowest BCUT2D eigenvalue weighted by Crippen LogP contribution is -2.27. The first kappa shape index (κ1) is 8.85. The standard InChI is InChI=1S/C8H12N2O2/c9-5-6-10-8(11)12-7-3-1-2-4-7/h7H,1-4,6H2,(H,10,11). The van der Waals surface area contributed by atoms with Crippen molar-refractivity contribution in [2.45, 2.75) is 31.8 Å². The fraction of sp³-hybridized carbons (Fsp3) is 0.750. The van der Waals surface area contributed by atoms with E-state index in [4.69, 9.17) is 10.00 Å². The Balaban J connectivity index is 2.13. The first-order valence-electron chi connectivity index (χ1n) is 4.14. The Bertz CT molecular complexity index is 192. The number of ether oxygens (including phenoxy) is 1. The van der Waals surface area contributed by atoms with Gasteiger partial charge in [0.1, 0.15) is 12.6 Å². The van der Waals surface area contributed by atoms with Gasteiger partial charge in [-0.15, -0.1) is 0 Å². The maximum Gasteiger partial charge on any atom is 0.408 e. The number of nitrogens with one attached hydrogen (secondary N) is 1. The second-order valence-corrected chi connectivity index (χ2v) is 2.82. The lowest BCUT2D eigenvalue weighted by atomic mass is 10.3. The summed E-state index contributed by atoms with van der Waals surface area (Å²) < 4.78 is 5.01. The van der Waals surface area contributed by atoms with E-state index >= 15 is 0 Å². The Morgan fingerprint density at radius 3 is 2.83 bits per heavy atom. The Morgan fingerprint density at radius 2 is 2.25 bits per heavy atom. The minimum Gasteiger partial charge on any atom is -0.446 e. The fourth-order valence-corrected chi connectivity index (χ4v) is 1.31. The van der Waals surface area contributed by atoms with E-state index in [0.29, 0.717) is 0 Å². The van der Waals surface area contributed by atoms with Crippen molar-refractivity contribution in [3.63, 3.8) is 0 Å². The molecule has 0 aromatic carbocycles. The van der Waals surface area contributed by atoms with Crippen LogP contribution in [0.3, 0.4) is 0 Å². The third-order valence-corrected chi connectivity index (χ3v) is 1.89. The zero-order chi connectivity index (χ0) is 8.81. The molecule has 0 aliphatic heterocycles. The van der Waals surface area contributed by atoms with Gasteiger partial charge in [-0.25, -0.2) is 4.79 Å². The monoisotopic (exact) mass is 168 g/mol. The average Bonchev–Trinajstić information content (AvgIpc) is 2.53. The molecule has 4 heteroatoms. The first-order chi connectivity index (χ1) is 5.83. The molecule has 0 saturated heterocycles. The summed E-state index contributed by atoms with van der Waals surface area (Å²) >= 11 is 0. The van der Waals surface area contributed by atoms with Crippen LogP contribution in [0, 0.1) is 11.3 Å². The van der Waals surface area contributed by atoms with Gasteiger partial charge in [0, 0.05) is 0 Å². The van der Waals surface area contributed by atoms with Gasteiger partial charge in [0.25, 0.3) is 0 Å². The Hall–Kier alpha value is -1.24. The van der Waals surface area contributed by atoms with E-state index in [1.54, 1.807) is 0 Å². The van der Waals surface area contributed by atoms with Crippen molar-refractivity contribution in [1.29, 1.82) is 5.26 Å². The number of hydrogen-bond donors (Lipinski definition) is 1. The molecule has 1 rings (SSSR count). The van der Waals surface area contributed by atoms with Crippen LogP contribution in [0.4, 0.5) is 4.79 Å². The molecule has 0 aromatic heterocycles. The molecule has 0 radical (unpaired) electrons. The van der Waals surface area contributed by atoms with Crippen LogP contribution in [0.15, 0.2) is 0 Å². The third-order valence-electron chi connectivity index (χ3n) is 1.89. The molecule has 1 aliphatic carbocycles. The molecule has 0 spiro atoms. The van der Waals surface area contributed by atoms with Crippen LogP contribution in [-0.4, -0.2) is 18.7 Å². The predicted octanol–water partition coefficient (Wildman–Crippen LogP) is 1.18. The molecule has 0 atom stereocenters. The Kier molecular flexibility index (Phi) is 3.39. The number of carbonyl (C=O) groups excluding carboxylic acids is 1. The van der Waals surface area contributed by atoms with E-state index in [-0.39, 0.29) is 12.6 Å². The van der Waals surface area contributed by atoms with E-state index in [1.807, 2.05) is 6.07 Å². The molecule has 1 fully saturated rings. The number of hydrogen-bond acceptors (Lipinski definition) is 3. The predicted molar refractivity (Wildman–Crippen MR) is 42.4 cm³/mol. The molecule has 66 valence electrons. The largest absolute Gasteiger partial charge is 0.446 e. The number of nitrogens with zero attached hydrogens (tertiary/aromatic N) is 1. The van der Waals surface area contributed by atoms with Gasteiger partial charge in [0.05, 0.1) is 6.07 Å². The van der Waals surface area contributed by atoms with Crippen molar-refractivity contribution in [2.24, 2.45) is 0 Å². The van der Waals surface area contributed by atoms with Gasteiger partial charge in [-0.2, -0.15) is 5.26 Å². The van der Waals surface area contributed by atoms with Gasteiger partial charge in [0.2, 0.25) is 0 Å². The zero-order valence-electron chi connectivity index (χ0n) is 6.88. The minimum absolute atomic E-state index is 0.0194. The average molecular weight is 168 g/mol. The molecular formula is C8H12N2O2. The Labute approximate surface area is 71.5 Å². The van der Waals surface area contributed by atoms with Crippen LogP contribution in [0.5, 0.6) is 0 Å². The van der Waals surface area contributed by atoms with Crippen molar-refractivity contribution in [2.75, 3.05) is 6.54 Å². The fourth-order valence-electron chi connectivity index (χ4n) is 1.31.